The molecule has 0 saturated heterocycles. The molecule has 0 bridgehead atoms. The van der Waals surface area contributed by atoms with E-state index in [0.29, 0.717) is 5.69 Å². The number of nitrogen functional groups attached to an aromatic ring is 1. The molecule has 1 aromatic heterocycles. The van der Waals surface area contributed by atoms with E-state index >= 15 is 0 Å². The maximum atomic E-state index is 5.60. The van der Waals surface area contributed by atoms with Crippen LogP contribution in [0.4, 0.5) is 11.5 Å². The normalized spacial score (nSPS) is 19.8. The minimum absolute atomic E-state index is 0.224. The SMILES string of the molecule is CC1(Nc2ccc(N)cn2)CCCCC1. The average Bonchev–Trinajstić information content (AvgIpc) is 2.22. The van der Waals surface area contributed by atoms with E-state index in [4.69, 9.17) is 5.73 Å². The van der Waals surface area contributed by atoms with Crippen LogP contribution in [0.2, 0.25) is 0 Å². The van der Waals surface area contributed by atoms with E-state index in [1.807, 2.05) is 12.1 Å². The lowest BCUT2D eigenvalue weighted by molar-refractivity contribution is 0.348. The van der Waals surface area contributed by atoms with Crippen molar-refractivity contribution in [3.8, 4) is 0 Å². The topological polar surface area (TPSA) is 50.9 Å². The van der Waals surface area contributed by atoms with Crippen LogP contribution in [-0.4, -0.2) is 10.5 Å². The lowest BCUT2D eigenvalue weighted by atomic mass is 9.83. The van der Waals surface area contributed by atoms with Gasteiger partial charge in [0.1, 0.15) is 5.82 Å². The largest absolute Gasteiger partial charge is 0.397 e. The molecule has 1 aromatic rings. The number of pyridine rings is 1. The standard InChI is InChI=1S/C12H19N3/c1-12(7-3-2-4-8-12)15-11-6-5-10(13)9-14-11/h5-6,9H,2-4,7-8,13H2,1H3,(H,14,15). The van der Waals surface area contributed by atoms with E-state index in [0.717, 1.165) is 5.82 Å². The lowest BCUT2D eigenvalue weighted by Crippen LogP contribution is -2.37. The molecule has 0 aliphatic heterocycles. The Morgan fingerprint density at radius 2 is 2.00 bits per heavy atom. The second-order valence-electron chi connectivity index (χ2n) is 4.72. The fraction of sp³-hybridized carbons (Fsp3) is 0.583. The summed E-state index contributed by atoms with van der Waals surface area (Å²) in [6.45, 7) is 2.28. The molecular weight excluding hydrogens is 186 g/mol. The van der Waals surface area contributed by atoms with E-state index in [1.165, 1.54) is 32.1 Å². The summed E-state index contributed by atoms with van der Waals surface area (Å²) < 4.78 is 0. The van der Waals surface area contributed by atoms with Crippen molar-refractivity contribution in [3.63, 3.8) is 0 Å². The summed E-state index contributed by atoms with van der Waals surface area (Å²) in [6, 6.07) is 3.84. The molecule has 2 rings (SSSR count). The van der Waals surface area contributed by atoms with Gasteiger partial charge in [0.25, 0.3) is 0 Å². The minimum atomic E-state index is 0.224. The zero-order valence-electron chi connectivity index (χ0n) is 9.29. The van der Waals surface area contributed by atoms with Crippen LogP contribution in [0.15, 0.2) is 18.3 Å². The quantitative estimate of drug-likeness (QED) is 0.780. The van der Waals surface area contributed by atoms with Crippen molar-refractivity contribution in [1.29, 1.82) is 0 Å². The molecule has 3 nitrogen and oxygen atoms in total. The number of hydrogen-bond acceptors (Lipinski definition) is 3. The van der Waals surface area contributed by atoms with Crippen LogP contribution in [0.25, 0.3) is 0 Å². The summed E-state index contributed by atoms with van der Waals surface area (Å²) >= 11 is 0. The number of hydrogen-bond donors (Lipinski definition) is 2. The first kappa shape index (κ1) is 10.3. The highest BCUT2D eigenvalue weighted by molar-refractivity contribution is 5.45. The van der Waals surface area contributed by atoms with Crippen LogP contribution in [0.5, 0.6) is 0 Å². The average molecular weight is 205 g/mol. The lowest BCUT2D eigenvalue weighted by Gasteiger charge is -2.35. The van der Waals surface area contributed by atoms with Gasteiger partial charge in [-0.3, -0.25) is 0 Å². The highest BCUT2D eigenvalue weighted by Crippen LogP contribution is 2.30. The van der Waals surface area contributed by atoms with Gasteiger partial charge in [0, 0.05) is 5.54 Å². The van der Waals surface area contributed by atoms with E-state index < -0.39 is 0 Å². The molecule has 15 heavy (non-hydrogen) atoms. The number of nitrogens with one attached hydrogen (secondary N) is 1. The maximum absolute atomic E-state index is 5.60. The molecule has 0 unspecified atom stereocenters. The van der Waals surface area contributed by atoms with Crippen molar-refractivity contribution in [1.82, 2.24) is 4.98 Å². The molecule has 1 aliphatic rings. The molecular formula is C12H19N3. The Hall–Kier alpha value is -1.25. The summed E-state index contributed by atoms with van der Waals surface area (Å²) in [5, 5.41) is 3.52. The third-order valence-electron chi connectivity index (χ3n) is 3.17. The highest BCUT2D eigenvalue weighted by Gasteiger charge is 2.26. The third kappa shape index (κ3) is 2.61. The predicted octanol–water partition coefficient (Wildman–Crippen LogP) is 2.80. The van der Waals surface area contributed by atoms with Crippen LogP contribution in [0, 0.1) is 0 Å². The van der Waals surface area contributed by atoms with Gasteiger partial charge in [-0.2, -0.15) is 0 Å². The Morgan fingerprint density at radius 3 is 2.60 bits per heavy atom. The summed E-state index contributed by atoms with van der Waals surface area (Å²) in [7, 11) is 0. The second-order valence-corrected chi connectivity index (χ2v) is 4.72. The minimum Gasteiger partial charge on any atom is -0.397 e. The number of anilines is 2. The van der Waals surface area contributed by atoms with Crippen LogP contribution in [-0.2, 0) is 0 Å². The Morgan fingerprint density at radius 1 is 1.27 bits per heavy atom. The van der Waals surface area contributed by atoms with Gasteiger partial charge in [0.15, 0.2) is 0 Å². The first-order valence-corrected chi connectivity index (χ1v) is 5.68. The second kappa shape index (κ2) is 4.09. The van der Waals surface area contributed by atoms with Crippen LogP contribution < -0.4 is 11.1 Å². The van der Waals surface area contributed by atoms with Gasteiger partial charge in [0.2, 0.25) is 0 Å². The Bertz CT molecular complexity index is 312. The maximum Gasteiger partial charge on any atom is 0.126 e. The van der Waals surface area contributed by atoms with Gasteiger partial charge in [-0.05, 0) is 31.9 Å². The van der Waals surface area contributed by atoms with Gasteiger partial charge >= 0.3 is 0 Å². The fourth-order valence-electron chi connectivity index (χ4n) is 2.25. The molecule has 82 valence electrons. The van der Waals surface area contributed by atoms with Gasteiger partial charge < -0.3 is 11.1 Å². The fourth-order valence-corrected chi connectivity index (χ4v) is 2.25. The monoisotopic (exact) mass is 205 g/mol. The summed E-state index contributed by atoms with van der Waals surface area (Å²) in [6.07, 6.45) is 8.18. The number of nitrogens with two attached hydrogens (primary N) is 1. The van der Waals surface area contributed by atoms with Gasteiger partial charge in [-0.15, -0.1) is 0 Å². The third-order valence-corrected chi connectivity index (χ3v) is 3.17. The van der Waals surface area contributed by atoms with E-state index in [9.17, 15) is 0 Å². The molecule has 3 N–H and O–H groups in total. The summed E-state index contributed by atoms with van der Waals surface area (Å²) in [5.41, 5.74) is 6.54. The molecule has 3 heteroatoms. The van der Waals surface area contributed by atoms with Crippen molar-refractivity contribution in [2.75, 3.05) is 11.1 Å². The van der Waals surface area contributed by atoms with Crippen molar-refractivity contribution in [3.05, 3.63) is 18.3 Å². The Kier molecular flexibility index (Phi) is 2.80. The molecule has 1 saturated carbocycles. The smallest absolute Gasteiger partial charge is 0.126 e. The van der Waals surface area contributed by atoms with Crippen LogP contribution in [0.3, 0.4) is 0 Å². The predicted molar refractivity (Wildman–Crippen MR) is 63.8 cm³/mol. The zero-order valence-corrected chi connectivity index (χ0v) is 9.29. The molecule has 0 aromatic carbocycles. The van der Waals surface area contributed by atoms with Gasteiger partial charge in [0.05, 0.1) is 11.9 Å². The number of aromatic nitrogens is 1. The van der Waals surface area contributed by atoms with Gasteiger partial charge in [-0.25, -0.2) is 4.98 Å². The van der Waals surface area contributed by atoms with E-state index in [-0.39, 0.29) is 5.54 Å². The Balaban J connectivity index is 2.03. The van der Waals surface area contributed by atoms with E-state index in [1.54, 1.807) is 6.20 Å². The molecule has 1 fully saturated rings. The first-order chi connectivity index (χ1) is 7.18. The van der Waals surface area contributed by atoms with Crippen molar-refractivity contribution >= 4 is 11.5 Å². The molecule has 1 aliphatic carbocycles. The van der Waals surface area contributed by atoms with Crippen molar-refractivity contribution in [2.45, 2.75) is 44.6 Å². The number of rotatable bonds is 2. The van der Waals surface area contributed by atoms with Gasteiger partial charge in [-0.1, -0.05) is 19.3 Å². The Labute approximate surface area is 91.1 Å². The molecule has 0 spiro atoms. The molecule has 0 radical (unpaired) electrons. The molecule has 0 atom stereocenters. The highest BCUT2D eigenvalue weighted by atomic mass is 15.0. The zero-order chi connectivity index (χ0) is 10.7. The summed E-state index contributed by atoms with van der Waals surface area (Å²) in [4.78, 5) is 4.28. The number of nitrogens with zero attached hydrogens (tertiary/aromatic N) is 1. The van der Waals surface area contributed by atoms with Crippen LogP contribution >= 0.6 is 0 Å². The van der Waals surface area contributed by atoms with Crippen molar-refractivity contribution < 1.29 is 0 Å². The molecule has 0 amide bonds. The van der Waals surface area contributed by atoms with E-state index in [2.05, 4.69) is 17.2 Å². The van der Waals surface area contributed by atoms with Crippen LogP contribution in [0.1, 0.15) is 39.0 Å². The molecule has 1 heterocycles. The summed E-state index contributed by atoms with van der Waals surface area (Å²) in [5.74, 6) is 0.939. The first-order valence-electron chi connectivity index (χ1n) is 5.68. The van der Waals surface area contributed by atoms with Crippen molar-refractivity contribution in [2.24, 2.45) is 0 Å².